The van der Waals surface area contributed by atoms with Crippen molar-refractivity contribution in [2.45, 2.75) is 71.3 Å². The number of nitrogens with one attached hydrogen (secondary N) is 1. The summed E-state index contributed by atoms with van der Waals surface area (Å²) in [6.07, 6.45) is 8.45. The van der Waals surface area contributed by atoms with Gasteiger partial charge in [-0.2, -0.15) is 0 Å². The van der Waals surface area contributed by atoms with Crippen molar-refractivity contribution >= 4 is 11.9 Å². The lowest BCUT2D eigenvalue weighted by atomic mass is 9.67. The zero-order valence-electron chi connectivity index (χ0n) is 13.3. The topological polar surface area (TPSA) is 66.4 Å². The normalized spacial score (nSPS) is 30.5. The first-order valence-electron chi connectivity index (χ1n) is 8.49. The molecule has 0 radical (unpaired) electrons. The van der Waals surface area contributed by atoms with Gasteiger partial charge in [0.2, 0.25) is 5.91 Å². The molecule has 4 unspecified atom stereocenters. The zero-order valence-corrected chi connectivity index (χ0v) is 13.3. The molecular formula is C17H29NO3. The maximum Gasteiger partial charge on any atom is 0.305 e. The van der Waals surface area contributed by atoms with Gasteiger partial charge >= 0.3 is 5.97 Å². The van der Waals surface area contributed by atoms with Gasteiger partial charge in [-0.25, -0.2) is 0 Å². The maximum atomic E-state index is 12.5. The second-order valence-electron chi connectivity index (χ2n) is 7.27. The van der Waals surface area contributed by atoms with E-state index in [9.17, 15) is 9.59 Å². The SMILES string of the molecule is CC(C)C(CC(=O)O)NC(=O)C1CCC2CCCCC2C1. The summed E-state index contributed by atoms with van der Waals surface area (Å²) in [5.74, 6) is 1.04. The van der Waals surface area contributed by atoms with Gasteiger partial charge in [0.25, 0.3) is 0 Å². The van der Waals surface area contributed by atoms with Gasteiger partial charge in [0.15, 0.2) is 0 Å². The summed E-state index contributed by atoms with van der Waals surface area (Å²) >= 11 is 0. The maximum absolute atomic E-state index is 12.5. The van der Waals surface area contributed by atoms with E-state index in [0.717, 1.165) is 24.7 Å². The van der Waals surface area contributed by atoms with E-state index in [-0.39, 0.29) is 30.2 Å². The fourth-order valence-corrected chi connectivity index (χ4v) is 4.05. The number of carbonyl (C=O) groups is 2. The lowest BCUT2D eigenvalue weighted by Crippen LogP contribution is -2.45. The predicted octanol–water partition coefficient (Wildman–Crippen LogP) is 3.21. The van der Waals surface area contributed by atoms with Gasteiger partial charge in [-0.05, 0) is 37.0 Å². The minimum absolute atomic E-state index is 0.0161. The van der Waals surface area contributed by atoms with Gasteiger partial charge in [-0.3, -0.25) is 9.59 Å². The minimum atomic E-state index is -0.843. The third kappa shape index (κ3) is 4.45. The van der Waals surface area contributed by atoms with Gasteiger partial charge in [0, 0.05) is 12.0 Å². The highest BCUT2D eigenvalue weighted by molar-refractivity contribution is 5.80. The van der Waals surface area contributed by atoms with Crippen molar-refractivity contribution in [2.24, 2.45) is 23.7 Å². The summed E-state index contributed by atoms with van der Waals surface area (Å²) < 4.78 is 0. The highest BCUT2D eigenvalue weighted by atomic mass is 16.4. The van der Waals surface area contributed by atoms with Crippen LogP contribution in [-0.2, 0) is 9.59 Å². The van der Waals surface area contributed by atoms with E-state index in [1.54, 1.807) is 0 Å². The molecule has 4 atom stereocenters. The Morgan fingerprint density at radius 2 is 1.76 bits per heavy atom. The van der Waals surface area contributed by atoms with Crippen molar-refractivity contribution in [2.75, 3.05) is 0 Å². The molecule has 2 fully saturated rings. The van der Waals surface area contributed by atoms with E-state index in [2.05, 4.69) is 5.32 Å². The van der Waals surface area contributed by atoms with Crippen LogP contribution in [0.5, 0.6) is 0 Å². The molecule has 0 aromatic rings. The van der Waals surface area contributed by atoms with Gasteiger partial charge in [-0.15, -0.1) is 0 Å². The van der Waals surface area contributed by atoms with E-state index >= 15 is 0 Å². The van der Waals surface area contributed by atoms with Gasteiger partial charge in [0.05, 0.1) is 6.42 Å². The Labute approximate surface area is 127 Å². The van der Waals surface area contributed by atoms with Crippen molar-refractivity contribution in [1.29, 1.82) is 0 Å². The van der Waals surface area contributed by atoms with Crippen LogP contribution in [-0.4, -0.2) is 23.0 Å². The second kappa shape index (κ2) is 7.28. The van der Waals surface area contributed by atoms with Crippen LogP contribution >= 0.6 is 0 Å². The van der Waals surface area contributed by atoms with Crippen LogP contribution in [0.2, 0.25) is 0 Å². The fourth-order valence-electron chi connectivity index (χ4n) is 4.05. The highest BCUT2D eigenvalue weighted by Gasteiger charge is 2.35. The van der Waals surface area contributed by atoms with Gasteiger partial charge in [0.1, 0.15) is 0 Å². The van der Waals surface area contributed by atoms with E-state index in [1.165, 1.54) is 32.1 Å². The van der Waals surface area contributed by atoms with Crippen molar-refractivity contribution in [3.8, 4) is 0 Å². The molecule has 0 spiro atoms. The number of carboxylic acids is 1. The van der Waals surface area contributed by atoms with E-state index in [1.807, 2.05) is 13.8 Å². The Morgan fingerprint density at radius 3 is 2.38 bits per heavy atom. The second-order valence-corrected chi connectivity index (χ2v) is 7.27. The molecule has 0 saturated heterocycles. The molecule has 0 aromatic carbocycles. The molecule has 0 aliphatic heterocycles. The Balaban J connectivity index is 1.88. The molecule has 2 rings (SSSR count). The largest absolute Gasteiger partial charge is 0.481 e. The van der Waals surface area contributed by atoms with Crippen molar-refractivity contribution in [1.82, 2.24) is 5.32 Å². The predicted molar refractivity (Wildman–Crippen MR) is 81.8 cm³/mol. The molecule has 2 aliphatic rings. The molecule has 1 amide bonds. The van der Waals surface area contributed by atoms with Crippen LogP contribution < -0.4 is 5.32 Å². The number of fused-ring (bicyclic) bond motifs is 1. The van der Waals surface area contributed by atoms with Crippen LogP contribution in [0.3, 0.4) is 0 Å². The van der Waals surface area contributed by atoms with Crippen molar-refractivity contribution < 1.29 is 14.7 Å². The number of carbonyl (C=O) groups excluding carboxylic acids is 1. The number of amides is 1. The summed E-state index contributed by atoms with van der Waals surface area (Å²) in [7, 11) is 0. The summed E-state index contributed by atoms with van der Waals surface area (Å²) in [5.41, 5.74) is 0. The van der Waals surface area contributed by atoms with Crippen molar-refractivity contribution in [3.05, 3.63) is 0 Å². The first kappa shape index (κ1) is 16.3. The third-order valence-electron chi connectivity index (χ3n) is 5.44. The minimum Gasteiger partial charge on any atom is -0.481 e. The molecule has 4 nitrogen and oxygen atoms in total. The summed E-state index contributed by atoms with van der Waals surface area (Å²) in [4.78, 5) is 23.4. The molecule has 4 heteroatoms. The van der Waals surface area contributed by atoms with Gasteiger partial charge < -0.3 is 10.4 Å². The first-order chi connectivity index (χ1) is 9.97. The van der Waals surface area contributed by atoms with E-state index < -0.39 is 5.97 Å². The quantitative estimate of drug-likeness (QED) is 0.818. The molecule has 21 heavy (non-hydrogen) atoms. The van der Waals surface area contributed by atoms with E-state index in [0.29, 0.717) is 0 Å². The lowest BCUT2D eigenvalue weighted by molar-refractivity contribution is -0.138. The summed E-state index contributed by atoms with van der Waals surface area (Å²) in [6, 6.07) is -0.251. The Morgan fingerprint density at radius 1 is 1.10 bits per heavy atom. The van der Waals surface area contributed by atoms with Crippen LogP contribution in [0.25, 0.3) is 0 Å². The number of rotatable bonds is 5. The number of hydrogen-bond donors (Lipinski definition) is 2. The van der Waals surface area contributed by atoms with Crippen LogP contribution in [0, 0.1) is 23.7 Å². The number of aliphatic carboxylic acids is 1. The molecular weight excluding hydrogens is 266 g/mol. The molecule has 2 saturated carbocycles. The third-order valence-corrected chi connectivity index (χ3v) is 5.44. The molecule has 120 valence electrons. The molecule has 2 N–H and O–H groups in total. The van der Waals surface area contributed by atoms with Crippen LogP contribution in [0.4, 0.5) is 0 Å². The average Bonchev–Trinajstić information content (AvgIpc) is 2.45. The van der Waals surface area contributed by atoms with Gasteiger partial charge in [-0.1, -0.05) is 39.5 Å². The van der Waals surface area contributed by atoms with E-state index in [4.69, 9.17) is 5.11 Å². The lowest BCUT2D eigenvalue weighted by Gasteiger charge is -2.39. The van der Waals surface area contributed by atoms with Crippen LogP contribution in [0.15, 0.2) is 0 Å². The number of hydrogen-bond acceptors (Lipinski definition) is 2. The standard InChI is InChI=1S/C17H29NO3/c1-11(2)15(10-16(19)20)18-17(21)14-8-7-12-5-3-4-6-13(12)9-14/h11-15H,3-10H2,1-2H3,(H,18,21)(H,19,20). The fraction of sp³-hybridized carbons (Fsp3) is 0.882. The molecule has 2 aliphatic carbocycles. The Bertz CT molecular complexity index is 380. The smallest absolute Gasteiger partial charge is 0.305 e. The Kier molecular flexibility index (Phi) is 5.65. The zero-order chi connectivity index (χ0) is 15.4. The summed E-state index contributed by atoms with van der Waals surface area (Å²) in [5, 5.41) is 12.0. The Hall–Kier alpha value is -1.06. The molecule has 0 bridgehead atoms. The summed E-state index contributed by atoms with van der Waals surface area (Å²) in [6.45, 7) is 3.93. The van der Waals surface area contributed by atoms with Crippen molar-refractivity contribution in [3.63, 3.8) is 0 Å². The first-order valence-corrected chi connectivity index (χ1v) is 8.49. The van der Waals surface area contributed by atoms with Crippen LogP contribution in [0.1, 0.15) is 65.2 Å². The molecule has 0 aromatic heterocycles. The number of carboxylic acid groups (broad SMARTS) is 1. The average molecular weight is 295 g/mol. The highest BCUT2D eigenvalue weighted by Crippen LogP contribution is 2.42. The molecule has 0 heterocycles. The monoisotopic (exact) mass is 295 g/mol.